The SMILES string of the molecule is CCCn1c(CNc2ccccc2C(=O)NC2CC2)nc2cc(S(=O)(=O)N(C)C)ccc21. The third kappa shape index (κ3) is 4.49. The van der Waals surface area contributed by atoms with Crippen LogP contribution in [-0.2, 0) is 23.1 Å². The molecule has 32 heavy (non-hydrogen) atoms. The van der Waals surface area contributed by atoms with Crippen LogP contribution in [0.2, 0.25) is 0 Å². The number of benzene rings is 2. The van der Waals surface area contributed by atoms with Crippen molar-refractivity contribution in [3.8, 4) is 0 Å². The number of aryl methyl sites for hydroxylation is 1. The average molecular weight is 456 g/mol. The predicted molar refractivity (Wildman–Crippen MR) is 125 cm³/mol. The molecule has 0 radical (unpaired) electrons. The molecule has 1 amide bonds. The predicted octanol–water partition coefficient (Wildman–Crippen LogP) is 3.20. The third-order valence-corrected chi connectivity index (χ3v) is 7.36. The molecule has 0 spiro atoms. The van der Waals surface area contributed by atoms with Gasteiger partial charge in [0, 0.05) is 32.4 Å². The lowest BCUT2D eigenvalue weighted by Crippen LogP contribution is -2.26. The highest BCUT2D eigenvalue weighted by molar-refractivity contribution is 7.89. The summed E-state index contributed by atoms with van der Waals surface area (Å²) in [5.74, 6) is 0.717. The first-order valence-corrected chi connectivity index (χ1v) is 12.3. The molecule has 3 aromatic rings. The van der Waals surface area contributed by atoms with Crippen LogP contribution in [-0.4, -0.2) is 48.3 Å². The number of nitrogens with zero attached hydrogens (tertiary/aromatic N) is 3. The van der Waals surface area contributed by atoms with Crippen LogP contribution in [0.1, 0.15) is 42.4 Å². The standard InChI is InChI=1S/C23H29N5O3S/c1-4-13-28-21-12-11-17(32(30,31)27(2)3)14-20(21)26-22(28)15-24-19-8-6-5-7-18(19)23(29)25-16-9-10-16/h5-8,11-12,14,16,24H,4,9-10,13,15H2,1-3H3,(H,25,29). The molecular formula is C23H29N5O3S. The van der Waals surface area contributed by atoms with Crippen LogP contribution in [0, 0.1) is 0 Å². The Labute approximate surface area is 188 Å². The zero-order valence-corrected chi connectivity index (χ0v) is 19.4. The summed E-state index contributed by atoms with van der Waals surface area (Å²) in [6.45, 7) is 3.26. The molecule has 0 saturated heterocycles. The van der Waals surface area contributed by atoms with E-state index in [1.165, 1.54) is 18.4 Å². The van der Waals surface area contributed by atoms with E-state index in [1.807, 2.05) is 30.3 Å². The Balaban J connectivity index is 1.63. The molecule has 8 nitrogen and oxygen atoms in total. The molecule has 1 heterocycles. The van der Waals surface area contributed by atoms with Gasteiger partial charge in [-0.15, -0.1) is 0 Å². The molecule has 1 aliphatic rings. The maximum Gasteiger partial charge on any atom is 0.253 e. The molecule has 4 rings (SSSR count). The second kappa shape index (κ2) is 8.91. The van der Waals surface area contributed by atoms with Crippen molar-refractivity contribution >= 4 is 32.7 Å². The summed E-state index contributed by atoms with van der Waals surface area (Å²) in [7, 11) is -0.505. The van der Waals surface area contributed by atoms with Gasteiger partial charge in [0.25, 0.3) is 5.91 Å². The maximum absolute atomic E-state index is 12.6. The molecule has 0 bridgehead atoms. The van der Waals surface area contributed by atoms with E-state index in [-0.39, 0.29) is 16.8 Å². The molecule has 1 aromatic heterocycles. The number of amides is 1. The van der Waals surface area contributed by atoms with Crippen LogP contribution in [0.15, 0.2) is 47.4 Å². The monoisotopic (exact) mass is 455 g/mol. The lowest BCUT2D eigenvalue weighted by molar-refractivity contribution is 0.0952. The Hall–Kier alpha value is -2.91. The molecule has 0 aliphatic heterocycles. The number of carbonyl (C=O) groups excluding carboxylic acids is 1. The molecule has 1 aliphatic carbocycles. The minimum absolute atomic E-state index is 0.0730. The Bertz CT molecular complexity index is 1250. The van der Waals surface area contributed by atoms with Crippen LogP contribution < -0.4 is 10.6 Å². The normalized spacial score (nSPS) is 14.1. The number of fused-ring (bicyclic) bond motifs is 1. The smallest absolute Gasteiger partial charge is 0.253 e. The zero-order chi connectivity index (χ0) is 22.9. The Morgan fingerprint density at radius 3 is 2.62 bits per heavy atom. The number of nitrogens with one attached hydrogen (secondary N) is 2. The van der Waals surface area contributed by atoms with Gasteiger partial charge in [0.1, 0.15) is 5.82 Å². The van der Waals surface area contributed by atoms with Crippen molar-refractivity contribution in [2.24, 2.45) is 0 Å². The number of carbonyl (C=O) groups is 1. The average Bonchev–Trinajstić information content (AvgIpc) is 3.52. The first-order chi connectivity index (χ1) is 15.3. The van der Waals surface area contributed by atoms with Crippen molar-refractivity contribution in [3.05, 3.63) is 53.9 Å². The number of hydrogen-bond donors (Lipinski definition) is 2. The summed E-state index contributed by atoms with van der Waals surface area (Å²) in [5.41, 5.74) is 2.88. The summed E-state index contributed by atoms with van der Waals surface area (Å²) in [6.07, 6.45) is 2.98. The summed E-state index contributed by atoms with van der Waals surface area (Å²) >= 11 is 0. The molecule has 1 fully saturated rings. The van der Waals surface area contributed by atoms with Crippen molar-refractivity contribution in [2.45, 2.75) is 50.2 Å². The largest absolute Gasteiger partial charge is 0.377 e. The number of rotatable bonds is 9. The van der Waals surface area contributed by atoms with Gasteiger partial charge in [-0.25, -0.2) is 17.7 Å². The summed E-state index contributed by atoms with van der Waals surface area (Å²) in [5, 5.41) is 6.39. The van der Waals surface area contributed by atoms with E-state index in [2.05, 4.69) is 22.1 Å². The highest BCUT2D eigenvalue weighted by Crippen LogP contribution is 2.25. The van der Waals surface area contributed by atoms with Crippen molar-refractivity contribution in [2.75, 3.05) is 19.4 Å². The number of sulfonamides is 1. The molecule has 0 atom stereocenters. The molecule has 9 heteroatoms. The van der Waals surface area contributed by atoms with E-state index in [0.717, 1.165) is 42.8 Å². The lowest BCUT2D eigenvalue weighted by atomic mass is 10.1. The number of para-hydroxylation sites is 1. The van der Waals surface area contributed by atoms with Crippen LogP contribution in [0.3, 0.4) is 0 Å². The minimum atomic E-state index is -3.54. The number of hydrogen-bond acceptors (Lipinski definition) is 5. The van der Waals surface area contributed by atoms with Crippen molar-refractivity contribution in [1.82, 2.24) is 19.2 Å². The highest BCUT2D eigenvalue weighted by atomic mass is 32.2. The van der Waals surface area contributed by atoms with E-state index in [9.17, 15) is 13.2 Å². The quantitative estimate of drug-likeness (QED) is 0.517. The van der Waals surface area contributed by atoms with Gasteiger partial charge in [0.15, 0.2) is 0 Å². The van der Waals surface area contributed by atoms with Crippen molar-refractivity contribution < 1.29 is 13.2 Å². The van der Waals surface area contributed by atoms with Crippen LogP contribution in [0.5, 0.6) is 0 Å². The lowest BCUT2D eigenvalue weighted by Gasteiger charge is -2.13. The first kappa shape index (κ1) is 22.3. The maximum atomic E-state index is 12.6. The van der Waals surface area contributed by atoms with E-state index in [0.29, 0.717) is 17.6 Å². The molecule has 170 valence electrons. The van der Waals surface area contributed by atoms with Gasteiger partial charge in [0.2, 0.25) is 10.0 Å². The molecule has 2 aromatic carbocycles. The van der Waals surface area contributed by atoms with Gasteiger partial charge in [0.05, 0.1) is 28.0 Å². The van der Waals surface area contributed by atoms with Crippen LogP contribution in [0.25, 0.3) is 11.0 Å². The Morgan fingerprint density at radius 1 is 1.19 bits per heavy atom. The van der Waals surface area contributed by atoms with Gasteiger partial charge in [-0.05, 0) is 49.6 Å². The van der Waals surface area contributed by atoms with E-state index < -0.39 is 10.0 Å². The van der Waals surface area contributed by atoms with E-state index in [1.54, 1.807) is 12.1 Å². The second-order valence-electron chi connectivity index (χ2n) is 8.26. The summed E-state index contributed by atoms with van der Waals surface area (Å²) in [4.78, 5) is 17.5. The Morgan fingerprint density at radius 2 is 1.94 bits per heavy atom. The molecular weight excluding hydrogens is 426 g/mol. The third-order valence-electron chi connectivity index (χ3n) is 5.55. The fourth-order valence-corrected chi connectivity index (χ4v) is 4.56. The van der Waals surface area contributed by atoms with Gasteiger partial charge in [-0.3, -0.25) is 4.79 Å². The number of anilines is 1. The summed E-state index contributed by atoms with van der Waals surface area (Å²) < 4.78 is 28.4. The molecule has 1 saturated carbocycles. The topological polar surface area (TPSA) is 96.3 Å². The number of aromatic nitrogens is 2. The summed E-state index contributed by atoms with van der Waals surface area (Å²) in [6, 6.07) is 12.8. The molecule has 2 N–H and O–H groups in total. The van der Waals surface area contributed by atoms with E-state index in [4.69, 9.17) is 4.98 Å². The fraction of sp³-hybridized carbons (Fsp3) is 0.391. The van der Waals surface area contributed by atoms with Crippen LogP contribution >= 0.6 is 0 Å². The van der Waals surface area contributed by atoms with Crippen LogP contribution in [0.4, 0.5) is 5.69 Å². The van der Waals surface area contributed by atoms with Gasteiger partial charge in [-0.1, -0.05) is 19.1 Å². The van der Waals surface area contributed by atoms with Gasteiger partial charge >= 0.3 is 0 Å². The second-order valence-corrected chi connectivity index (χ2v) is 10.4. The zero-order valence-electron chi connectivity index (χ0n) is 18.6. The highest BCUT2D eigenvalue weighted by Gasteiger charge is 2.25. The molecule has 0 unspecified atom stereocenters. The Kier molecular flexibility index (Phi) is 6.21. The minimum Gasteiger partial charge on any atom is -0.377 e. The van der Waals surface area contributed by atoms with Crippen molar-refractivity contribution in [1.29, 1.82) is 0 Å². The van der Waals surface area contributed by atoms with E-state index >= 15 is 0 Å². The van der Waals surface area contributed by atoms with Gasteiger partial charge in [-0.2, -0.15) is 0 Å². The first-order valence-electron chi connectivity index (χ1n) is 10.9. The van der Waals surface area contributed by atoms with Crippen molar-refractivity contribution in [3.63, 3.8) is 0 Å². The van der Waals surface area contributed by atoms with Gasteiger partial charge < -0.3 is 15.2 Å². The fourth-order valence-electron chi connectivity index (χ4n) is 3.64. The number of imidazole rings is 1.